The summed E-state index contributed by atoms with van der Waals surface area (Å²) in [4.78, 5) is 13.2. The number of ketones is 1. The lowest BCUT2D eigenvalue weighted by atomic mass is 10.5. The minimum Gasteiger partial charge on any atom is -0.394 e. The first-order valence-electron chi connectivity index (χ1n) is 4.29. The molecule has 0 aliphatic carbocycles. The highest BCUT2D eigenvalue weighted by Gasteiger charge is 1.69. The molecule has 0 aromatic carbocycles. The number of hydrogen-bond acceptors (Lipinski definition) is 3. The summed E-state index contributed by atoms with van der Waals surface area (Å²) in [7, 11) is 1.79. The van der Waals surface area contributed by atoms with Crippen molar-refractivity contribution in [1.82, 2.24) is 0 Å². The number of aliphatic imine (C=N–C) groups is 1. The Labute approximate surface area is 89.3 Å². The van der Waals surface area contributed by atoms with Crippen LogP contribution in [-0.4, -0.2) is 29.8 Å². The van der Waals surface area contributed by atoms with E-state index in [0.29, 0.717) is 0 Å². The van der Waals surface area contributed by atoms with Crippen molar-refractivity contribution in [2.24, 2.45) is 4.99 Å². The van der Waals surface area contributed by atoms with Gasteiger partial charge in [0.05, 0.1) is 0 Å². The first-order valence-corrected chi connectivity index (χ1v) is 4.29. The van der Waals surface area contributed by atoms with E-state index in [-0.39, 0.29) is 19.3 Å². The average molecular weight is 205 g/mol. The molecule has 0 aliphatic rings. The molecule has 0 atom stereocenters. The molecule has 0 saturated carbocycles. The summed E-state index contributed by atoms with van der Waals surface area (Å²) in [5.41, 5.74) is 1.13. The molecule has 14 heavy (non-hydrogen) atoms. The van der Waals surface area contributed by atoms with E-state index in [1.807, 2.05) is 13.8 Å². The Morgan fingerprint density at radius 1 is 1.14 bits per heavy atom. The van der Waals surface area contributed by atoms with Gasteiger partial charge in [-0.2, -0.15) is 0 Å². The van der Waals surface area contributed by atoms with Crippen LogP contribution >= 0.6 is 0 Å². The molecule has 0 radical (unpaired) electrons. The van der Waals surface area contributed by atoms with Crippen molar-refractivity contribution in [1.29, 1.82) is 0 Å². The minimum atomic E-state index is -0.167. The minimum absolute atomic E-state index is 0. The molecule has 0 heterocycles. The smallest absolute Gasteiger partial charge is 0.126 e. The van der Waals surface area contributed by atoms with Gasteiger partial charge in [0.1, 0.15) is 5.78 Å². The Kier molecular flexibility index (Phi) is 30.2. The Hall–Kier alpha value is -0.700. The number of carbonyl (C=O) groups is 1. The van der Waals surface area contributed by atoms with Crippen molar-refractivity contribution in [2.75, 3.05) is 7.05 Å². The molecule has 0 spiro atoms. The maximum absolute atomic E-state index is 9.44. The highest BCUT2D eigenvalue weighted by Crippen LogP contribution is 1.65. The predicted octanol–water partition coefficient (Wildman–Crippen LogP) is 2.72. The molecule has 88 valence electrons. The normalized spacial score (nSPS) is 6.93. The maximum atomic E-state index is 9.44. The molecule has 0 rings (SSSR count). The van der Waals surface area contributed by atoms with Gasteiger partial charge in [-0.15, -0.1) is 0 Å². The SMILES string of the molecule is C.CC(C)=O.CC(C)O.CN=C(C)C. The van der Waals surface area contributed by atoms with Gasteiger partial charge in [0.15, 0.2) is 0 Å². The number of carbonyl (C=O) groups excluding carboxylic acids is 1. The molecule has 1 N–H and O–H groups in total. The van der Waals surface area contributed by atoms with Gasteiger partial charge in [0, 0.05) is 18.9 Å². The topological polar surface area (TPSA) is 49.7 Å². The molecule has 0 bridgehead atoms. The lowest BCUT2D eigenvalue weighted by molar-refractivity contribution is -0.114. The zero-order chi connectivity index (χ0) is 11.4. The van der Waals surface area contributed by atoms with Crippen LogP contribution in [0.25, 0.3) is 0 Å². The van der Waals surface area contributed by atoms with Crippen LogP contribution in [0.15, 0.2) is 4.99 Å². The third kappa shape index (κ3) is 709. The summed E-state index contributed by atoms with van der Waals surface area (Å²) >= 11 is 0. The number of aliphatic hydroxyl groups is 1. The Morgan fingerprint density at radius 2 is 1.21 bits per heavy atom. The van der Waals surface area contributed by atoms with Gasteiger partial charge in [-0.25, -0.2) is 0 Å². The second-order valence-electron chi connectivity index (χ2n) is 3.17. The summed E-state index contributed by atoms with van der Waals surface area (Å²) in [5.74, 6) is 0.167. The van der Waals surface area contributed by atoms with Crippen molar-refractivity contribution >= 4 is 11.5 Å². The molecule has 0 saturated heterocycles. The van der Waals surface area contributed by atoms with Gasteiger partial charge in [-0.3, -0.25) is 4.99 Å². The number of hydrogen-bond donors (Lipinski definition) is 1. The Bertz CT molecular complexity index is 129. The summed E-state index contributed by atoms with van der Waals surface area (Å²) in [6.45, 7) is 10.4. The van der Waals surface area contributed by atoms with Crippen LogP contribution in [0.2, 0.25) is 0 Å². The largest absolute Gasteiger partial charge is 0.394 e. The third-order valence-corrected chi connectivity index (χ3v) is 0.447. The van der Waals surface area contributed by atoms with E-state index in [1.165, 1.54) is 13.8 Å². The van der Waals surface area contributed by atoms with Crippen LogP contribution < -0.4 is 0 Å². The van der Waals surface area contributed by atoms with Crippen LogP contribution in [0.1, 0.15) is 49.0 Å². The number of Topliss-reactive ketones (excluding diaryl/α,β-unsaturated/α-hetero) is 1. The van der Waals surface area contributed by atoms with E-state index >= 15 is 0 Å². The van der Waals surface area contributed by atoms with Crippen LogP contribution in [0, 0.1) is 0 Å². The number of nitrogens with zero attached hydrogens (tertiary/aromatic N) is 1. The van der Waals surface area contributed by atoms with Crippen molar-refractivity contribution < 1.29 is 9.90 Å². The van der Waals surface area contributed by atoms with E-state index in [9.17, 15) is 4.79 Å². The molecular formula is C11H27NO2. The van der Waals surface area contributed by atoms with Gasteiger partial charge in [0.25, 0.3) is 0 Å². The summed E-state index contributed by atoms with van der Waals surface area (Å²) in [6, 6.07) is 0. The van der Waals surface area contributed by atoms with Crippen molar-refractivity contribution in [3.05, 3.63) is 0 Å². The van der Waals surface area contributed by atoms with E-state index in [4.69, 9.17) is 5.11 Å². The third-order valence-electron chi connectivity index (χ3n) is 0.447. The van der Waals surface area contributed by atoms with Gasteiger partial charge >= 0.3 is 0 Å². The standard InChI is InChI=1S/C4H9N.C3H8O.C3H6O.CH4/c1-4(2)5-3;2*1-3(2)4;/h1-3H3;3-4H,1-2H3;1-2H3;1H4. The van der Waals surface area contributed by atoms with Crippen molar-refractivity contribution in [3.63, 3.8) is 0 Å². The Morgan fingerprint density at radius 3 is 1.21 bits per heavy atom. The predicted molar refractivity (Wildman–Crippen MR) is 65.1 cm³/mol. The van der Waals surface area contributed by atoms with Crippen molar-refractivity contribution in [2.45, 2.75) is 55.1 Å². The fraction of sp³-hybridized carbons (Fsp3) is 0.818. The van der Waals surface area contributed by atoms with Crippen LogP contribution in [-0.2, 0) is 4.79 Å². The maximum Gasteiger partial charge on any atom is 0.126 e. The fourth-order valence-corrected chi connectivity index (χ4v) is 0. The quantitative estimate of drug-likeness (QED) is 0.618. The van der Waals surface area contributed by atoms with Crippen LogP contribution in [0.5, 0.6) is 0 Å². The highest BCUT2D eigenvalue weighted by atomic mass is 16.3. The van der Waals surface area contributed by atoms with Crippen LogP contribution in [0.3, 0.4) is 0 Å². The monoisotopic (exact) mass is 205 g/mol. The second-order valence-corrected chi connectivity index (χ2v) is 3.17. The number of aliphatic hydroxyl groups excluding tert-OH is 1. The van der Waals surface area contributed by atoms with E-state index in [1.54, 1.807) is 20.9 Å². The molecule has 0 amide bonds. The molecule has 3 nitrogen and oxygen atoms in total. The van der Waals surface area contributed by atoms with Crippen LogP contribution in [0.4, 0.5) is 0 Å². The zero-order valence-corrected chi connectivity index (χ0v) is 9.88. The highest BCUT2D eigenvalue weighted by molar-refractivity contribution is 5.78. The Balaban J connectivity index is -0.0000000522. The zero-order valence-electron chi connectivity index (χ0n) is 9.88. The molecular weight excluding hydrogens is 178 g/mol. The molecule has 0 fully saturated rings. The summed E-state index contributed by atoms with van der Waals surface area (Å²) in [6.07, 6.45) is -0.167. The summed E-state index contributed by atoms with van der Waals surface area (Å²) in [5, 5.41) is 8.06. The molecule has 3 heteroatoms. The molecule has 0 aromatic heterocycles. The fourth-order valence-electron chi connectivity index (χ4n) is 0. The summed E-state index contributed by atoms with van der Waals surface area (Å²) < 4.78 is 0. The number of rotatable bonds is 0. The van der Waals surface area contributed by atoms with E-state index < -0.39 is 0 Å². The van der Waals surface area contributed by atoms with E-state index in [2.05, 4.69) is 4.99 Å². The van der Waals surface area contributed by atoms with Gasteiger partial charge in [0.2, 0.25) is 0 Å². The molecule has 0 unspecified atom stereocenters. The van der Waals surface area contributed by atoms with Crippen molar-refractivity contribution in [3.8, 4) is 0 Å². The second kappa shape index (κ2) is 18.2. The van der Waals surface area contributed by atoms with Gasteiger partial charge in [-0.05, 0) is 41.5 Å². The van der Waals surface area contributed by atoms with E-state index in [0.717, 1.165) is 5.71 Å². The molecule has 0 aromatic rings. The average Bonchev–Trinajstić information content (AvgIpc) is 1.84. The first-order chi connectivity index (χ1) is 5.73. The molecule has 0 aliphatic heterocycles. The van der Waals surface area contributed by atoms with Gasteiger partial charge in [-0.1, -0.05) is 7.43 Å². The van der Waals surface area contributed by atoms with Gasteiger partial charge < -0.3 is 9.90 Å². The lowest BCUT2D eigenvalue weighted by Crippen LogP contribution is -1.85. The lowest BCUT2D eigenvalue weighted by Gasteiger charge is -1.80. The first kappa shape index (κ1) is 23.3.